The van der Waals surface area contributed by atoms with Crippen molar-refractivity contribution >= 4 is 29.1 Å². The Labute approximate surface area is 78.0 Å². The first-order valence-electron chi connectivity index (χ1n) is 3.29. The number of thiophene rings is 1. The number of carbonyl (C=O) groups is 1. The summed E-state index contributed by atoms with van der Waals surface area (Å²) < 4.78 is 0. The average Bonchev–Trinajstić information content (AvgIpc) is 2.48. The smallest absolute Gasteiger partial charge is 0.345 e. The second-order valence-electron chi connectivity index (χ2n) is 2.02. The molecule has 0 amide bonds. The minimum Gasteiger partial charge on any atom is -0.477 e. The summed E-state index contributed by atoms with van der Waals surface area (Å²) >= 11 is 2.66. The number of aliphatic hydroxyl groups excluding tert-OH is 1. The van der Waals surface area contributed by atoms with E-state index in [0.717, 1.165) is 4.90 Å². The lowest BCUT2D eigenvalue weighted by Gasteiger charge is -1.91. The van der Waals surface area contributed by atoms with Crippen molar-refractivity contribution in [2.45, 2.75) is 4.90 Å². The van der Waals surface area contributed by atoms with Crippen LogP contribution in [0.1, 0.15) is 9.67 Å². The Hall–Kier alpha value is -0.520. The Morgan fingerprint density at radius 2 is 2.42 bits per heavy atom. The normalized spacial score (nSPS) is 10.1. The Morgan fingerprint density at radius 3 is 2.92 bits per heavy atom. The van der Waals surface area contributed by atoms with Crippen LogP contribution in [-0.4, -0.2) is 28.5 Å². The summed E-state index contributed by atoms with van der Waals surface area (Å²) in [7, 11) is 0. The van der Waals surface area contributed by atoms with E-state index >= 15 is 0 Å². The lowest BCUT2D eigenvalue weighted by Crippen LogP contribution is -1.90. The van der Waals surface area contributed by atoms with Crippen LogP contribution in [0.4, 0.5) is 0 Å². The molecular weight excluding hydrogens is 196 g/mol. The molecule has 0 unspecified atom stereocenters. The van der Waals surface area contributed by atoms with Gasteiger partial charge in [0.05, 0.1) is 6.61 Å². The second-order valence-corrected chi connectivity index (χ2v) is 4.10. The van der Waals surface area contributed by atoms with Crippen molar-refractivity contribution in [3.63, 3.8) is 0 Å². The van der Waals surface area contributed by atoms with Gasteiger partial charge in [-0.3, -0.25) is 0 Å². The molecular formula is C7H8O3S2. The van der Waals surface area contributed by atoms with Gasteiger partial charge in [-0.05, 0) is 6.07 Å². The number of carboxylic acid groups (broad SMARTS) is 1. The average molecular weight is 204 g/mol. The number of hydrogen-bond acceptors (Lipinski definition) is 4. The van der Waals surface area contributed by atoms with Gasteiger partial charge in [0.1, 0.15) is 4.88 Å². The van der Waals surface area contributed by atoms with Crippen LogP contribution in [-0.2, 0) is 0 Å². The van der Waals surface area contributed by atoms with E-state index in [2.05, 4.69) is 0 Å². The van der Waals surface area contributed by atoms with Crippen molar-refractivity contribution in [2.24, 2.45) is 0 Å². The molecule has 0 aliphatic rings. The maximum atomic E-state index is 10.4. The summed E-state index contributed by atoms with van der Waals surface area (Å²) in [6.07, 6.45) is 0. The van der Waals surface area contributed by atoms with Gasteiger partial charge in [-0.1, -0.05) is 0 Å². The molecule has 0 aliphatic carbocycles. The van der Waals surface area contributed by atoms with Crippen molar-refractivity contribution in [2.75, 3.05) is 12.4 Å². The number of thioether (sulfide) groups is 1. The predicted molar refractivity (Wildman–Crippen MR) is 49.1 cm³/mol. The number of rotatable bonds is 4. The van der Waals surface area contributed by atoms with Crippen LogP contribution in [0.15, 0.2) is 16.3 Å². The molecule has 0 spiro atoms. The van der Waals surface area contributed by atoms with Crippen LogP contribution < -0.4 is 0 Å². The highest BCUT2D eigenvalue weighted by atomic mass is 32.2. The van der Waals surface area contributed by atoms with E-state index in [1.807, 2.05) is 0 Å². The molecule has 1 rings (SSSR count). The zero-order chi connectivity index (χ0) is 8.97. The number of carboxylic acids is 1. The van der Waals surface area contributed by atoms with E-state index < -0.39 is 5.97 Å². The maximum absolute atomic E-state index is 10.4. The lowest BCUT2D eigenvalue weighted by molar-refractivity contribution is 0.0702. The summed E-state index contributed by atoms with van der Waals surface area (Å²) in [5, 5.41) is 18.9. The van der Waals surface area contributed by atoms with Gasteiger partial charge in [0.25, 0.3) is 0 Å². The summed E-state index contributed by atoms with van der Waals surface area (Å²) in [4.78, 5) is 11.7. The van der Waals surface area contributed by atoms with Gasteiger partial charge in [0.15, 0.2) is 0 Å². The van der Waals surface area contributed by atoms with Crippen LogP contribution in [0.2, 0.25) is 0 Å². The summed E-state index contributed by atoms with van der Waals surface area (Å²) in [5.74, 6) is -0.286. The van der Waals surface area contributed by atoms with Gasteiger partial charge in [-0.15, -0.1) is 23.1 Å². The molecule has 5 heteroatoms. The van der Waals surface area contributed by atoms with Crippen LogP contribution in [0, 0.1) is 0 Å². The minimum absolute atomic E-state index is 0.114. The van der Waals surface area contributed by atoms with Crippen molar-refractivity contribution in [3.8, 4) is 0 Å². The van der Waals surface area contributed by atoms with Crippen LogP contribution >= 0.6 is 23.1 Å². The molecule has 0 saturated heterocycles. The molecule has 1 aromatic heterocycles. The molecule has 0 atom stereocenters. The Bertz CT molecular complexity index is 269. The molecule has 1 aromatic rings. The summed E-state index contributed by atoms with van der Waals surface area (Å²) in [5.41, 5.74) is 0. The third kappa shape index (κ3) is 2.51. The van der Waals surface area contributed by atoms with Crippen molar-refractivity contribution in [1.82, 2.24) is 0 Å². The lowest BCUT2D eigenvalue weighted by atomic mass is 10.5. The zero-order valence-electron chi connectivity index (χ0n) is 6.19. The van der Waals surface area contributed by atoms with E-state index in [1.54, 1.807) is 11.4 Å². The van der Waals surface area contributed by atoms with E-state index in [0.29, 0.717) is 10.6 Å². The molecule has 0 bridgehead atoms. The summed E-state index contributed by atoms with van der Waals surface area (Å²) in [6.45, 7) is 0.114. The number of aliphatic hydroxyl groups is 1. The first kappa shape index (κ1) is 9.57. The largest absolute Gasteiger partial charge is 0.477 e. The molecule has 3 nitrogen and oxygen atoms in total. The van der Waals surface area contributed by atoms with Gasteiger partial charge in [-0.25, -0.2) is 4.79 Å². The van der Waals surface area contributed by atoms with Crippen molar-refractivity contribution in [3.05, 3.63) is 16.3 Å². The van der Waals surface area contributed by atoms with Crippen molar-refractivity contribution in [1.29, 1.82) is 0 Å². The SMILES string of the molecule is O=C(O)c1cc(SCCO)cs1. The highest BCUT2D eigenvalue weighted by molar-refractivity contribution is 7.99. The van der Waals surface area contributed by atoms with Crippen molar-refractivity contribution < 1.29 is 15.0 Å². The second kappa shape index (κ2) is 4.49. The fourth-order valence-electron chi connectivity index (χ4n) is 0.670. The standard InChI is InChI=1S/C7H8O3S2/c8-1-2-11-5-3-6(7(9)10)12-4-5/h3-4,8H,1-2H2,(H,9,10). The molecule has 0 saturated carbocycles. The first-order chi connectivity index (χ1) is 5.74. The van der Waals surface area contributed by atoms with Crippen LogP contribution in [0.25, 0.3) is 0 Å². The molecule has 0 aromatic carbocycles. The molecule has 66 valence electrons. The number of hydrogen-bond donors (Lipinski definition) is 2. The predicted octanol–water partition coefficient (Wildman–Crippen LogP) is 1.53. The highest BCUT2D eigenvalue weighted by Gasteiger charge is 2.06. The third-order valence-electron chi connectivity index (χ3n) is 1.15. The van der Waals surface area contributed by atoms with E-state index in [4.69, 9.17) is 10.2 Å². The third-order valence-corrected chi connectivity index (χ3v) is 3.17. The van der Waals surface area contributed by atoms with Crippen LogP contribution in [0.3, 0.4) is 0 Å². The minimum atomic E-state index is -0.893. The van der Waals surface area contributed by atoms with Gasteiger partial charge < -0.3 is 10.2 Å². The Morgan fingerprint density at radius 1 is 1.67 bits per heavy atom. The van der Waals surface area contributed by atoms with Gasteiger partial charge in [0, 0.05) is 16.0 Å². The van der Waals surface area contributed by atoms with Crippen LogP contribution in [0.5, 0.6) is 0 Å². The van der Waals surface area contributed by atoms with E-state index in [-0.39, 0.29) is 6.61 Å². The fourth-order valence-corrected chi connectivity index (χ4v) is 2.30. The topological polar surface area (TPSA) is 57.5 Å². The molecule has 0 radical (unpaired) electrons. The monoisotopic (exact) mass is 204 g/mol. The number of aromatic carboxylic acids is 1. The fraction of sp³-hybridized carbons (Fsp3) is 0.286. The molecule has 12 heavy (non-hydrogen) atoms. The van der Waals surface area contributed by atoms with Gasteiger partial charge in [-0.2, -0.15) is 0 Å². The van der Waals surface area contributed by atoms with E-state index in [1.165, 1.54) is 23.1 Å². The molecule has 1 heterocycles. The van der Waals surface area contributed by atoms with E-state index in [9.17, 15) is 4.79 Å². The molecule has 0 fully saturated rings. The zero-order valence-corrected chi connectivity index (χ0v) is 7.82. The molecule has 2 N–H and O–H groups in total. The molecule has 0 aliphatic heterocycles. The summed E-state index contributed by atoms with van der Waals surface area (Å²) in [6, 6.07) is 1.62. The quantitative estimate of drug-likeness (QED) is 0.730. The highest BCUT2D eigenvalue weighted by Crippen LogP contribution is 2.24. The maximum Gasteiger partial charge on any atom is 0.345 e. The first-order valence-corrected chi connectivity index (χ1v) is 5.16. The Kier molecular flexibility index (Phi) is 3.58. The Balaban J connectivity index is 2.58. The van der Waals surface area contributed by atoms with Gasteiger partial charge in [0.2, 0.25) is 0 Å². The van der Waals surface area contributed by atoms with Gasteiger partial charge >= 0.3 is 5.97 Å².